The third-order valence-corrected chi connectivity index (χ3v) is 7.38. The summed E-state index contributed by atoms with van der Waals surface area (Å²) in [7, 11) is -3.43. The Hall–Kier alpha value is -1.17. The Labute approximate surface area is 135 Å². The highest BCUT2D eigenvalue weighted by Crippen LogP contribution is 2.65. The van der Waals surface area contributed by atoms with Crippen LogP contribution < -0.4 is 0 Å². The van der Waals surface area contributed by atoms with Crippen molar-refractivity contribution in [3.63, 3.8) is 0 Å². The number of amides is 2. The van der Waals surface area contributed by atoms with Crippen molar-refractivity contribution in [1.82, 2.24) is 4.90 Å². The summed E-state index contributed by atoms with van der Waals surface area (Å²) in [6, 6.07) is 0. The third-order valence-electron chi connectivity index (χ3n) is 4.71. The SMILES string of the molecule is CCOP(=O)(OCC)[C@H]1[C@H](C(=O)N2CCOC2=O)[C@@H]2C=C[C@H]1C2. The van der Waals surface area contributed by atoms with E-state index in [-0.39, 0.29) is 44.1 Å². The van der Waals surface area contributed by atoms with Crippen LogP contribution in [0.2, 0.25) is 0 Å². The minimum atomic E-state index is -3.43. The lowest BCUT2D eigenvalue weighted by molar-refractivity contribution is -0.132. The van der Waals surface area contributed by atoms with Gasteiger partial charge in [0.05, 0.1) is 31.3 Å². The largest absolute Gasteiger partial charge is 0.447 e. The molecule has 3 rings (SSSR count). The number of carbonyl (C=O) groups excluding carboxylic acids is 2. The highest BCUT2D eigenvalue weighted by molar-refractivity contribution is 7.54. The fourth-order valence-electron chi connectivity index (χ4n) is 3.90. The number of allylic oxidation sites excluding steroid dienone is 2. The first-order valence-corrected chi connectivity index (χ1v) is 9.68. The molecule has 0 radical (unpaired) electrons. The second-order valence-electron chi connectivity index (χ2n) is 5.94. The van der Waals surface area contributed by atoms with Crippen molar-refractivity contribution in [3.05, 3.63) is 12.2 Å². The van der Waals surface area contributed by atoms with Gasteiger partial charge in [0.25, 0.3) is 0 Å². The molecule has 2 bridgehead atoms. The number of ether oxygens (including phenoxy) is 1. The van der Waals surface area contributed by atoms with E-state index in [4.69, 9.17) is 13.8 Å². The van der Waals surface area contributed by atoms with Gasteiger partial charge in [-0.2, -0.15) is 0 Å². The van der Waals surface area contributed by atoms with Crippen LogP contribution in [0.1, 0.15) is 20.3 Å². The van der Waals surface area contributed by atoms with Gasteiger partial charge in [-0.05, 0) is 32.1 Å². The zero-order chi connectivity index (χ0) is 16.6. The highest BCUT2D eigenvalue weighted by Gasteiger charge is 2.58. The standard InChI is InChI=1S/C15H22NO6P/c1-3-21-23(19,22-4-2)13-11-6-5-10(9-11)12(13)14(17)16-7-8-20-15(16)18/h5-6,10-13H,3-4,7-9H2,1-2H3/t10-,11+,12-,13-/m1/s1. The predicted octanol–water partition coefficient (Wildman–Crippen LogP) is 2.42. The van der Waals surface area contributed by atoms with E-state index in [9.17, 15) is 14.2 Å². The molecule has 1 saturated carbocycles. The molecule has 128 valence electrons. The summed E-state index contributed by atoms with van der Waals surface area (Å²) in [4.78, 5) is 25.7. The van der Waals surface area contributed by atoms with E-state index < -0.39 is 25.3 Å². The average Bonchev–Trinajstić information content (AvgIpc) is 3.21. The van der Waals surface area contributed by atoms with E-state index in [0.717, 1.165) is 11.3 Å². The maximum Gasteiger partial charge on any atom is 0.416 e. The first kappa shape index (κ1) is 16.7. The minimum Gasteiger partial charge on any atom is -0.447 e. The molecule has 23 heavy (non-hydrogen) atoms. The monoisotopic (exact) mass is 343 g/mol. The molecule has 1 aliphatic heterocycles. The van der Waals surface area contributed by atoms with Crippen molar-refractivity contribution >= 4 is 19.6 Å². The van der Waals surface area contributed by atoms with E-state index in [0.29, 0.717) is 0 Å². The highest BCUT2D eigenvalue weighted by atomic mass is 31.2. The summed E-state index contributed by atoms with van der Waals surface area (Å²) in [5.74, 6) is -0.926. The number of rotatable bonds is 6. The molecular weight excluding hydrogens is 321 g/mol. The summed E-state index contributed by atoms with van der Waals surface area (Å²) in [5, 5.41) is 0. The number of cyclic esters (lactones) is 1. The van der Waals surface area contributed by atoms with Crippen LogP contribution in [-0.4, -0.2) is 48.9 Å². The Bertz CT molecular complexity index is 566. The molecule has 0 aromatic rings. The van der Waals surface area contributed by atoms with Gasteiger partial charge < -0.3 is 13.8 Å². The molecule has 4 atom stereocenters. The van der Waals surface area contributed by atoms with Gasteiger partial charge >= 0.3 is 13.7 Å². The Morgan fingerprint density at radius 2 is 1.96 bits per heavy atom. The molecule has 1 saturated heterocycles. The second-order valence-corrected chi connectivity index (χ2v) is 8.14. The first-order chi connectivity index (χ1) is 11.0. The van der Waals surface area contributed by atoms with Crippen LogP contribution in [0, 0.1) is 17.8 Å². The van der Waals surface area contributed by atoms with Gasteiger partial charge in [-0.25, -0.2) is 9.69 Å². The van der Waals surface area contributed by atoms with Crippen LogP contribution >= 0.6 is 7.60 Å². The van der Waals surface area contributed by atoms with Crippen LogP contribution in [0.5, 0.6) is 0 Å². The van der Waals surface area contributed by atoms with Gasteiger partial charge in [0.1, 0.15) is 6.61 Å². The van der Waals surface area contributed by atoms with E-state index in [1.54, 1.807) is 13.8 Å². The number of nitrogens with zero attached hydrogens (tertiary/aromatic N) is 1. The van der Waals surface area contributed by atoms with Crippen molar-refractivity contribution in [3.8, 4) is 0 Å². The lowest BCUT2D eigenvalue weighted by atomic mass is 9.91. The quantitative estimate of drug-likeness (QED) is 0.544. The van der Waals surface area contributed by atoms with Crippen LogP contribution in [0.4, 0.5) is 4.79 Å². The van der Waals surface area contributed by atoms with Crippen molar-refractivity contribution in [1.29, 1.82) is 0 Å². The Balaban J connectivity index is 1.91. The Kier molecular flexibility index (Phi) is 4.63. The van der Waals surface area contributed by atoms with Crippen LogP contribution in [0.3, 0.4) is 0 Å². The molecule has 2 amide bonds. The number of fused-ring (bicyclic) bond motifs is 2. The van der Waals surface area contributed by atoms with Gasteiger partial charge in [0.15, 0.2) is 0 Å². The van der Waals surface area contributed by atoms with Gasteiger partial charge in [-0.15, -0.1) is 0 Å². The summed E-state index contributed by atoms with van der Waals surface area (Å²) >= 11 is 0. The lowest BCUT2D eigenvalue weighted by Gasteiger charge is -2.33. The zero-order valence-electron chi connectivity index (χ0n) is 13.3. The van der Waals surface area contributed by atoms with E-state index in [1.807, 2.05) is 12.2 Å². The first-order valence-electron chi connectivity index (χ1n) is 8.07. The smallest absolute Gasteiger partial charge is 0.416 e. The predicted molar refractivity (Wildman–Crippen MR) is 81.9 cm³/mol. The fourth-order valence-corrected chi connectivity index (χ4v) is 6.47. The molecule has 2 aliphatic carbocycles. The van der Waals surface area contributed by atoms with Crippen molar-refractivity contribution < 1.29 is 27.9 Å². The summed E-state index contributed by atoms with van der Waals surface area (Å²) in [6.45, 7) is 4.46. The fraction of sp³-hybridized carbons (Fsp3) is 0.733. The zero-order valence-corrected chi connectivity index (χ0v) is 14.2. The van der Waals surface area contributed by atoms with Crippen molar-refractivity contribution in [2.24, 2.45) is 17.8 Å². The number of hydrogen-bond donors (Lipinski definition) is 0. The molecule has 0 aromatic carbocycles. The van der Waals surface area contributed by atoms with Gasteiger partial charge in [0, 0.05) is 0 Å². The maximum absolute atomic E-state index is 13.3. The molecule has 0 spiro atoms. The molecule has 2 fully saturated rings. The number of hydrogen-bond acceptors (Lipinski definition) is 6. The molecule has 0 N–H and O–H groups in total. The molecular formula is C15H22NO6P. The van der Waals surface area contributed by atoms with E-state index in [1.165, 1.54) is 0 Å². The van der Waals surface area contributed by atoms with Gasteiger partial charge in [-0.3, -0.25) is 9.36 Å². The van der Waals surface area contributed by atoms with Crippen molar-refractivity contribution in [2.45, 2.75) is 25.9 Å². The van der Waals surface area contributed by atoms with E-state index in [2.05, 4.69) is 0 Å². The van der Waals surface area contributed by atoms with Crippen LogP contribution in [0.15, 0.2) is 12.2 Å². The topological polar surface area (TPSA) is 82.1 Å². The number of imide groups is 1. The minimum absolute atomic E-state index is 0.0171. The number of carbonyl (C=O) groups is 2. The molecule has 8 heteroatoms. The second kappa shape index (κ2) is 6.38. The van der Waals surface area contributed by atoms with Gasteiger partial charge in [-0.1, -0.05) is 12.2 Å². The molecule has 1 heterocycles. The van der Waals surface area contributed by atoms with Crippen LogP contribution in [0.25, 0.3) is 0 Å². The molecule has 0 unspecified atom stereocenters. The molecule has 0 aromatic heterocycles. The Morgan fingerprint density at radius 1 is 1.30 bits per heavy atom. The van der Waals surface area contributed by atoms with Gasteiger partial charge in [0.2, 0.25) is 5.91 Å². The van der Waals surface area contributed by atoms with Crippen molar-refractivity contribution in [2.75, 3.05) is 26.4 Å². The van der Waals surface area contributed by atoms with E-state index >= 15 is 0 Å². The summed E-state index contributed by atoms with van der Waals surface area (Å²) < 4.78 is 29.1. The normalized spacial score (nSPS) is 32.6. The molecule has 3 aliphatic rings. The summed E-state index contributed by atoms with van der Waals surface area (Å²) in [6.07, 6.45) is 4.09. The Morgan fingerprint density at radius 3 is 2.52 bits per heavy atom. The van der Waals surface area contributed by atoms with Crippen LogP contribution in [-0.2, 0) is 23.1 Å². The summed E-state index contributed by atoms with van der Waals surface area (Å²) in [5.41, 5.74) is -0.529. The lowest BCUT2D eigenvalue weighted by Crippen LogP contribution is -2.43. The maximum atomic E-state index is 13.3. The third kappa shape index (κ3) is 2.75. The average molecular weight is 343 g/mol. The molecule has 7 nitrogen and oxygen atoms in total.